The normalized spacial score (nSPS) is 17.0. The largest absolute Gasteiger partial charge is 0.378 e. The number of para-hydroxylation sites is 1. The minimum absolute atomic E-state index is 0.231. The number of aromatic nitrogens is 5. The monoisotopic (exact) mass is 465 g/mol. The summed E-state index contributed by atoms with van der Waals surface area (Å²) < 4.78 is 1.72. The number of rotatable bonds is 5. The van der Waals surface area contributed by atoms with E-state index in [1.165, 1.54) is 0 Å². The fourth-order valence-corrected chi connectivity index (χ4v) is 4.37. The Labute approximate surface area is 200 Å². The summed E-state index contributed by atoms with van der Waals surface area (Å²) in [6.07, 6.45) is 1.64. The van der Waals surface area contributed by atoms with Crippen molar-refractivity contribution in [3.8, 4) is 0 Å². The van der Waals surface area contributed by atoms with Gasteiger partial charge in [-0.05, 0) is 48.0 Å². The average Bonchev–Trinajstić information content (AvgIpc) is 3.59. The third-order valence-corrected chi connectivity index (χ3v) is 6.17. The predicted octanol–water partition coefficient (Wildman–Crippen LogP) is 3.70. The minimum Gasteiger partial charge on any atom is -0.378 e. The molecule has 0 spiro atoms. The molecule has 3 heterocycles. The molecule has 6 rings (SSSR count). The van der Waals surface area contributed by atoms with Crippen molar-refractivity contribution in [3.05, 3.63) is 78.6 Å². The van der Waals surface area contributed by atoms with Gasteiger partial charge in [-0.25, -0.2) is 19.5 Å². The van der Waals surface area contributed by atoms with Gasteiger partial charge >= 0.3 is 6.03 Å². The number of nitrogens with one attached hydrogen (secondary N) is 2. The number of fused-ring (bicyclic) bond motifs is 2. The van der Waals surface area contributed by atoms with E-state index in [2.05, 4.69) is 25.6 Å². The second-order valence-corrected chi connectivity index (χ2v) is 8.56. The summed E-state index contributed by atoms with van der Waals surface area (Å²) in [5, 5.41) is 11.4. The fraction of sp³-hybridized carbons (Fsp3) is 0.160. The fourth-order valence-electron chi connectivity index (χ4n) is 4.37. The quantitative estimate of drug-likeness (QED) is 0.412. The number of amidine groups is 1. The van der Waals surface area contributed by atoms with Crippen LogP contribution in [0.5, 0.6) is 0 Å². The predicted molar refractivity (Wildman–Crippen MR) is 136 cm³/mol. The van der Waals surface area contributed by atoms with Crippen molar-refractivity contribution in [1.82, 2.24) is 30.3 Å². The van der Waals surface area contributed by atoms with E-state index in [1.54, 1.807) is 15.9 Å². The van der Waals surface area contributed by atoms with E-state index in [0.29, 0.717) is 5.84 Å². The van der Waals surface area contributed by atoms with Crippen molar-refractivity contribution in [1.29, 1.82) is 0 Å². The highest BCUT2D eigenvalue weighted by Gasteiger charge is 2.39. The Bertz CT molecular complexity index is 1560. The topological polar surface area (TPSA) is 107 Å². The molecule has 10 nitrogen and oxygen atoms in total. The van der Waals surface area contributed by atoms with Crippen LogP contribution in [0.2, 0.25) is 0 Å². The summed E-state index contributed by atoms with van der Waals surface area (Å²) in [4.78, 5) is 29.2. The number of hydrogen-bond acceptors (Lipinski definition) is 6. The highest BCUT2D eigenvalue weighted by Crippen LogP contribution is 2.34. The summed E-state index contributed by atoms with van der Waals surface area (Å²) in [6, 6.07) is 20.9. The first-order valence-electron chi connectivity index (χ1n) is 11.2. The van der Waals surface area contributed by atoms with Crippen LogP contribution in [0.15, 0.2) is 78.0 Å². The van der Waals surface area contributed by atoms with Gasteiger partial charge in [-0.2, -0.15) is 0 Å². The van der Waals surface area contributed by atoms with Crippen LogP contribution in [0.1, 0.15) is 11.6 Å². The molecule has 2 N–H and O–H groups in total. The van der Waals surface area contributed by atoms with Crippen LogP contribution < -0.4 is 15.1 Å². The summed E-state index contributed by atoms with van der Waals surface area (Å²) >= 11 is 0. The van der Waals surface area contributed by atoms with E-state index >= 15 is 0 Å². The van der Waals surface area contributed by atoms with Crippen molar-refractivity contribution in [2.24, 2.45) is 4.99 Å². The molecule has 0 bridgehead atoms. The second-order valence-electron chi connectivity index (χ2n) is 8.56. The number of anilines is 2. The Morgan fingerprint density at radius 1 is 1.03 bits per heavy atom. The lowest BCUT2D eigenvalue weighted by molar-refractivity contribution is 0.252. The first-order valence-corrected chi connectivity index (χ1v) is 11.2. The van der Waals surface area contributed by atoms with Crippen molar-refractivity contribution in [3.63, 3.8) is 0 Å². The molecule has 1 fully saturated rings. The lowest BCUT2D eigenvalue weighted by Crippen LogP contribution is -2.29. The van der Waals surface area contributed by atoms with Gasteiger partial charge in [-0.1, -0.05) is 29.5 Å². The van der Waals surface area contributed by atoms with Gasteiger partial charge < -0.3 is 9.88 Å². The van der Waals surface area contributed by atoms with Gasteiger partial charge in [-0.3, -0.25) is 10.2 Å². The molecule has 5 aromatic rings. The lowest BCUT2D eigenvalue weighted by atomic mass is 10.0. The highest BCUT2D eigenvalue weighted by molar-refractivity contribution is 6.17. The Hall–Kier alpha value is -4.73. The molecule has 35 heavy (non-hydrogen) atoms. The number of carbonyl (C=O) groups excluding carboxylic acids is 1. The zero-order valence-electron chi connectivity index (χ0n) is 19.3. The van der Waals surface area contributed by atoms with Gasteiger partial charge in [-0.15, -0.1) is 5.10 Å². The first kappa shape index (κ1) is 20.8. The van der Waals surface area contributed by atoms with E-state index in [-0.39, 0.29) is 12.7 Å². The number of hydrogen-bond donors (Lipinski definition) is 2. The minimum atomic E-state index is -0.426. The van der Waals surface area contributed by atoms with Crippen LogP contribution in [-0.2, 0) is 6.67 Å². The van der Waals surface area contributed by atoms with Gasteiger partial charge in [0.2, 0.25) is 0 Å². The number of H-pyrrole nitrogens is 1. The molecule has 3 aromatic carbocycles. The van der Waals surface area contributed by atoms with Gasteiger partial charge in [0.1, 0.15) is 24.1 Å². The van der Waals surface area contributed by atoms with Crippen molar-refractivity contribution >= 4 is 45.3 Å². The van der Waals surface area contributed by atoms with Crippen LogP contribution in [-0.4, -0.2) is 50.9 Å². The van der Waals surface area contributed by atoms with Crippen LogP contribution in [0.4, 0.5) is 16.2 Å². The van der Waals surface area contributed by atoms with E-state index < -0.39 is 6.04 Å². The smallest absolute Gasteiger partial charge is 0.328 e. The summed E-state index contributed by atoms with van der Waals surface area (Å²) in [5.41, 5.74) is 6.13. The number of benzene rings is 3. The number of aromatic amines is 1. The zero-order valence-corrected chi connectivity index (χ0v) is 19.3. The van der Waals surface area contributed by atoms with E-state index in [4.69, 9.17) is 4.99 Å². The van der Waals surface area contributed by atoms with Crippen molar-refractivity contribution in [2.45, 2.75) is 12.7 Å². The SMILES string of the molecule is CN(C)c1ccc(C2/C(=N/Cn3nnc4ccccc43)NC(=O)N2c2ccc3[nH]cnc3c2)cc1. The molecule has 0 radical (unpaired) electrons. The summed E-state index contributed by atoms with van der Waals surface area (Å²) in [6.45, 7) is 0.231. The Balaban J connectivity index is 1.42. The summed E-state index contributed by atoms with van der Waals surface area (Å²) in [7, 11) is 3.99. The van der Waals surface area contributed by atoms with Gasteiger partial charge in [0, 0.05) is 25.5 Å². The van der Waals surface area contributed by atoms with E-state index in [1.807, 2.05) is 85.7 Å². The van der Waals surface area contributed by atoms with Crippen molar-refractivity contribution in [2.75, 3.05) is 23.9 Å². The third-order valence-electron chi connectivity index (χ3n) is 6.17. The number of aliphatic imine (C=N–C) groups is 1. The molecule has 0 saturated carbocycles. The summed E-state index contributed by atoms with van der Waals surface area (Å²) in [5.74, 6) is 0.550. The molecule has 0 aliphatic carbocycles. The number of nitrogens with zero attached hydrogens (tertiary/aromatic N) is 7. The van der Waals surface area contributed by atoms with E-state index in [0.717, 1.165) is 39.0 Å². The average molecular weight is 466 g/mol. The zero-order chi connectivity index (χ0) is 23.9. The molecule has 174 valence electrons. The first-order chi connectivity index (χ1) is 17.1. The molecule has 2 aromatic heterocycles. The number of amides is 2. The molecule has 1 atom stereocenters. The number of urea groups is 1. The van der Waals surface area contributed by atoms with Gasteiger partial charge in [0.15, 0.2) is 0 Å². The Morgan fingerprint density at radius 3 is 2.69 bits per heavy atom. The van der Waals surface area contributed by atoms with Crippen LogP contribution >= 0.6 is 0 Å². The molecular weight excluding hydrogens is 442 g/mol. The van der Waals surface area contributed by atoms with Crippen LogP contribution in [0.3, 0.4) is 0 Å². The molecule has 1 aliphatic heterocycles. The number of imidazole rings is 1. The number of carbonyl (C=O) groups is 1. The Morgan fingerprint density at radius 2 is 1.86 bits per heavy atom. The molecular formula is C25H23N9O. The molecule has 1 aliphatic rings. The lowest BCUT2D eigenvalue weighted by Gasteiger charge is -2.24. The Kier molecular flexibility index (Phi) is 4.91. The molecule has 2 amide bonds. The van der Waals surface area contributed by atoms with E-state index in [9.17, 15) is 4.79 Å². The maximum Gasteiger partial charge on any atom is 0.328 e. The standard InChI is InChI=1S/C25H23N9O/c1-32(2)17-9-7-16(8-10-17)23-24(28-15-33-22-6-4-3-5-20(22)30-31-33)29-25(35)34(23)18-11-12-19-21(13-18)27-14-26-19/h3-14,23H,15H2,1-2H3,(H,26,27)(H,28,29,35). The van der Waals surface area contributed by atoms with Crippen LogP contribution in [0, 0.1) is 0 Å². The maximum atomic E-state index is 13.3. The maximum absolute atomic E-state index is 13.3. The van der Waals surface area contributed by atoms with Crippen LogP contribution in [0.25, 0.3) is 22.1 Å². The third kappa shape index (κ3) is 3.65. The second kappa shape index (κ2) is 8.24. The molecule has 1 unspecified atom stereocenters. The molecule has 10 heteroatoms. The van der Waals surface area contributed by atoms with Gasteiger partial charge in [0.25, 0.3) is 0 Å². The highest BCUT2D eigenvalue weighted by atomic mass is 16.2. The molecule has 1 saturated heterocycles. The van der Waals surface area contributed by atoms with Gasteiger partial charge in [0.05, 0.1) is 22.9 Å². The van der Waals surface area contributed by atoms with Crippen molar-refractivity contribution < 1.29 is 4.79 Å².